The number of benzene rings is 2. The summed E-state index contributed by atoms with van der Waals surface area (Å²) in [6.07, 6.45) is 0. The number of piperazine rings is 1. The van der Waals surface area contributed by atoms with Crippen LogP contribution in [0.25, 0.3) is 5.69 Å². The molecule has 2 heterocycles. The molecule has 0 N–H and O–H groups in total. The van der Waals surface area contributed by atoms with Crippen LogP contribution in [0.3, 0.4) is 0 Å². The van der Waals surface area contributed by atoms with Crippen molar-refractivity contribution in [3.05, 3.63) is 80.6 Å². The minimum absolute atomic E-state index is 0.00437. The van der Waals surface area contributed by atoms with Crippen molar-refractivity contribution < 1.29 is 9.72 Å². The number of amides is 1. The molecule has 31 heavy (non-hydrogen) atoms. The van der Waals surface area contributed by atoms with Crippen LogP contribution in [0.5, 0.6) is 0 Å². The molecule has 1 amide bonds. The molecule has 0 atom stereocenters. The highest BCUT2D eigenvalue weighted by molar-refractivity contribution is 6.30. The molecule has 1 saturated heterocycles. The van der Waals surface area contributed by atoms with E-state index in [1.54, 1.807) is 46.0 Å². The first-order valence-electron chi connectivity index (χ1n) is 9.95. The molecular weight excluding hydrogens is 418 g/mol. The van der Waals surface area contributed by atoms with Crippen LogP contribution in [0.1, 0.15) is 21.7 Å². The van der Waals surface area contributed by atoms with Crippen molar-refractivity contribution in [3.63, 3.8) is 0 Å². The van der Waals surface area contributed by atoms with Crippen LogP contribution in [-0.4, -0.2) is 51.7 Å². The number of rotatable bonds is 4. The Bertz CT molecular complexity index is 1150. The number of halogens is 1. The van der Waals surface area contributed by atoms with Gasteiger partial charge in [-0.1, -0.05) is 17.7 Å². The van der Waals surface area contributed by atoms with Gasteiger partial charge in [0.2, 0.25) is 0 Å². The molecule has 1 aromatic heterocycles. The standard InChI is InChI=1S/C22H22ClN5O3/c1-15-12-16(2)27(24-15)21-14-19(6-7-20(21)28(30)31)25-8-10-26(11-9-25)22(29)17-4-3-5-18(23)13-17/h3-7,12-14H,8-11H2,1-2H3. The van der Waals surface area contributed by atoms with Gasteiger partial charge in [0.15, 0.2) is 0 Å². The lowest BCUT2D eigenvalue weighted by molar-refractivity contribution is -0.384. The maximum atomic E-state index is 12.8. The third-order valence-electron chi connectivity index (χ3n) is 5.40. The van der Waals surface area contributed by atoms with E-state index < -0.39 is 4.92 Å². The third-order valence-corrected chi connectivity index (χ3v) is 5.63. The lowest BCUT2D eigenvalue weighted by Gasteiger charge is -2.36. The Balaban J connectivity index is 1.55. The van der Waals surface area contributed by atoms with Gasteiger partial charge in [0.25, 0.3) is 11.6 Å². The number of carbonyl (C=O) groups excluding carboxylic acids is 1. The summed E-state index contributed by atoms with van der Waals surface area (Å²) in [7, 11) is 0. The maximum Gasteiger partial charge on any atom is 0.295 e. The summed E-state index contributed by atoms with van der Waals surface area (Å²) < 4.78 is 1.61. The first kappa shape index (κ1) is 20.9. The molecule has 0 radical (unpaired) electrons. The van der Waals surface area contributed by atoms with Gasteiger partial charge in [0, 0.05) is 54.2 Å². The number of nitro groups is 1. The molecule has 0 aliphatic carbocycles. The minimum Gasteiger partial charge on any atom is -0.368 e. The molecular formula is C22H22ClN5O3. The van der Waals surface area contributed by atoms with E-state index in [2.05, 4.69) is 10.00 Å². The van der Waals surface area contributed by atoms with E-state index in [-0.39, 0.29) is 11.6 Å². The van der Waals surface area contributed by atoms with Crippen LogP contribution in [0.15, 0.2) is 48.5 Å². The molecule has 1 fully saturated rings. The minimum atomic E-state index is -0.392. The number of nitro benzene ring substituents is 1. The molecule has 0 saturated carbocycles. The Hall–Kier alpha value is -3.39. The number of nitrogens with zero attached hydrogens (tertiary/aromatic N) is 5. The van der Waals surface area contributed by atoms with Crippen molar-refractivity contribution in [3.8, 4) is 5.69 Å². The fraction of sp³-hybridized carbons (Fsp3) is 0.273. The van der Waals surface area contributed by atoms with E-state index in [9.17, 15) is 14.9 Å². The Labute approximate surface area is 184 Å². The summed E-state index contributed by atoms with van der Waals surface area (Å²) in [6, 6.07) is 13.9. The Morgan fingerprint density at radius 3 is 2.42 bits per heavy atom. The van der Waals surface area contributed by atoms with Gasteiger partial charge in [-0.2, -0.15) is 5.10 Å². The maximum absolute atomic E-state index is 12.8. The summed E-state index contributed by atoms with van der Waals surface area (Å²) in [5.74, 6) is -0.0471. The van der Waals surface area contributed by atoms with Crippen LogP contribution in [0, 0.1) is 24.0 Å². The first-order chi connectivity index (χ1) is 14.8. The zero-order valence-corrected chi connectivity index (χ0v) is 18.0. The average Bonchev–Trinajstić information content (AvgIpc) is 3.10. The topological polar surface area (TPSA) is 84.5 Å². The summed E-state index contributed by atoms with van der Waals surface area (Å²) in [6.45, 7) is 6.09. The van der Waals surface area contributed by atoms with Gasteiger partial charge >= 0.3 is 0 Å². The van der Waals surface area contributed by atoms with E-state index in [1.165, 1.54) is 6.07 Å². The molecule has 9 heteroatoms. The van der Waals surface area contributed by atoms with E-state index in [1.807, 2.05) is 19.9 Å². The predicted molar refractivity (Wildman–Crippen MR) is 119 cm³/mol. The highest BCUT2D eigenvalue weighted by Gasteiger charge is 2.25. The molecule has 0 unspecified atom stereocenters. The molecule has 1 aliphatic rings. The van der Waals surface area contributed by atoms with Crippen LogP contribution < -0.4 is 4.90 Å². The highest BCUT2D eigenvalue weighted by atomic mass is 35.5. The average molecular weight is 440 g/mol. The molecule has 0 bridgehead atoms. The van der Waals surface area contributed by atoms with Gasteiger partial charge in [-0.15, -0.1) is 0 Å². The first-order valence-corrected chi connectivity index (χ1v) is 10.3. The summed E-state index contributed by atoms with van der Waals surface area (Å²) in [5.41, 5.74) is 3.50. The fourth-order valence-electron chi connectivity index (χ4n) is 3.88. The largest absolute Gasteiger partial charge is 0.368 e. The quantitative estimate of drug-likeness (QED) is 0.453. The van der Waals surface area contributed by atoms with Crippen LogP contribution in [0.4, 0.5) is 11.4 Å². The SMILES string of the molecule is Cc1cc(C)n(-c2cc(N3CCN(C(=O)c4cccc(Cl)c4)CC3)ccc2[N+](=O)[O-])n1. The van der Waals surface area contributed by atoms with Crippen molar-refractivity contribution in [2.45, 2.75) is 13.8 Å². The normalized spacial score (nSPS) is 14.0. The second-order valence-corrected chi connectivity index (χ2v) is 8.00. The molecule has 160 valence electrons. The predicted octanol–water partition coefficient (Wildman–Crippen LogP) is 4.01. The monoisotopic (exact) mass is 439 g/mol. The smallest absolute Gasteiger partial charge is 0.295 e. The number of aromatic nitrogens is 2. The van der Waals surface area contributed by atoms with Crippen LogP contribution >= 0.6 is 11.6 Å². The van der Waals surface area contributed by atoms with E-state index in [0.717, 1.165) is 17.1 Å². The van der Waals surface area contributed by atoms with Gasteiger partial charge in [-0.05, 0) is 50.2 Å². The summed E-state index contributed by atoms with van der Waals surface area (Å²) >= 11 is 6.01. The zero-order valence-electron chi connectivity index (χ0n) is 17.3. The van der Waals surface area contributed by atoms with Crippen LogP contribution in [-0.2, 0) is 0 Å². The number of hydrogen-bond acceptors (Lipinski definition) is 5. The lowest BCUT2D eigenvalue weighted by Crippen LogP contribution is -2.48. The number of carbonyl (C=O) groups is 1. The fourth-order valence-corrected chi connectivity index (χ4v) is 4.07. The second kappa shape index (κ2) is 8.39. The Morgan fingerprint density at radius 1 is 1.06 bits per heavy atom. The Morgan fingerprint density at radius 2 is 1.81 bits per heavy atom. The van der Waals surface area contributed by atoms with Crippen molar-refractivity contribution >= 4 is 28.9 Å². The highest BCUT2D eigenvalue weighted by Crippen LogP contribution is 2.30. The van der Waals surface area contributed by atoms with Gasteiger partial charge in [-0.3, -0.25) is 14.9 Å². The summed E-state index contributed by atoms with van der Waals surface area (Å²) in [4.78, 5) is 27.9. The number of aryl methyl sites for hydroxylation is 2. The van der Waals surface area contributed by atoms with Crippen molar-refractivity contribution in [1.29, 1.82) is 0 Å². The van der Waals surface area contributed by atoms with Crippen molar-refractivity contribution in [2.75, 3.05) is 31.1 Å². The zero-order chi connectivity index (χ0) is 22.1. The molecule has 3 aromatic rings. The van der Waals surface area contributed by atoms with Gasteiger partial charge in [0.1, 0.15) is 5.69 Å². The Kier molecular flexibility index (Phi) is 5.65. The van der Waals surface area contributed by atoms with Gasteiger partial charge < -0.3 is 9.80 Å². The van der Waals surface area contributed by atoms with Gasteiger partial charge in [-0.25, -0.2) is 4.68 Å². The molecule has 8 nitrogen and oxygen atoms in total. The summed E-state index contributed by atoms with van der Waals surface area (Å²) in [5, 5.41) is 16.5. The van der Waals surface area contributed by atoms with Crippen LogP contribution in [0.2, 0.25) is 5.02 Å². The van der Waals surface area contributed by atoms with Crippen molar-refractivity contribution in [1.82, 2.24) is 14.7 Å². The van der Waals surface area contributed by atoms with Crippen molar-refractivity contribution in [2.24, 2.45) is 0 Å². The van der Waals surface area contributed by atoms with E-state index in [4.69, 9.17) is 11.6 Å². The lowest BCUT2D eigenvalue weighted by atomic mass is 10.1. The van der Waals surface area contributed by atoms with E-state index in [0.29, 0.717) is 42.5 Å². The number of anilines is 1. The second-order valence-electron chi connectivity index (χ2n) is 7.56. The molecule has 1 aliphatic heterocycles. The third kappa shape index (κ3) is 4.25. The van der Waals surface area contributed by atoms with E-state index >= 15 is 0 Å². The molecule has 0 spiro atoms. The molecule has 2 aromatic carbocycles. The van der Waals surface area contributed by atoms with Gasteiger partial charge in [0.05, 0.1) is 10.6 Å². The molecule has 4 rings (SSSR count). The number of hydrogen-bond donors (Lipinski definition) is 0.